The molecule has 0 saturated heterocycles. The van der Waals surface area contributed by atoms with Crippen LogP contribution in [0.1, 0.15) is 23.5 Å². The van der Waals surface area contributed by atoms with Crippen molar-refractivity contribution in [2.45, 2.75) is 19.9 Å². The monoisotopic (exact) mass is 512 g/mol. The number of rotatable bonds is 7. The first-order valence-corrected chi connectivity index (χ1v) is 12.2. The Kier molecular flexibility index (Phi) is 7.41. The van der Waals surface area contributed by atoms with Gasteiger partial charge in [-0.15, -0.1) is 11.3 Å². The molecule has 0 aliphatic carbocycles. The van der Waals surface area contributed by atoms with Crippen LogP contribution >= 0.6 is 34.5 Å². The molecule has 1 N–H and O–H groups in total. The maximum atomic E-state index is 12.5. The zero-order valence-electron chi connectivity index (χ0n) is 18.5. The molecule has 0 aliphatic heterocycles. The quantitative estimate of drug-likeness (QED) is 0.259. The second-order valence-electron chi connectivity index (χ2n) is 7.86. The number of anilines is 3. The van der Waals surface area contributed by atoms with E-state index in [2.05, 4.69) is 36.2 Å². The van der Waals surface area contributed by atoms with E-state index in [1.54, 1.807) is 18.2 Å². The van der Waals surface area contributed by atoms with Crippen LogP contribution in [0.4, 0.5) is 17.1 Å². The molecule has 1 heterocycles. The highest BCUT2D eigenvalue weighted by atomic mass is 35.5. The summed E-state index contributed by atoms with van der Waals surface area (Å²) in [6.07, 6.45) is 0. The highest BCUT2D eigenvalue weighted by Gasteiger charge is 2.20. The first kappa shape index (κ1) is 24.1. The molecule has 0 atom stereocenters. The minimum atomic E-state index is -0.650. The van der Waals surface area contributed by atoms with Crippen LogP contribution in [-0.4, -0.2) is 24.5 Å². The van der Waals surface area contributed by atoms with Gasteiger partial charge in [0.2, 0.25) is 0 Å². The summed E-state index contributed by atoms with van der Waals surface area (Å²) in [6, 6.07) is 23.1. The van der Waals surface area contributed by atoms with Crippen LogP contribution in [-0.2, 0) is 9.53 Å². The van der Waals surface area contributed by atoms with Crippen molar-refractivity contribution in [3.05, 3.63) is 87.7 Å². The average molecular weight is 513 g/mol. The van der Waals surface area contributed by atoms with Crippen LogP contribution in [0.25, 0.3) is 10.1 Å². The third-order valence-corrected chi connectivity index (χ3v) is 6.96. The molecule has 0 unspecified atom stereocenters. The van der Waals surface area contributed by atoms with Crippen molar-refractivity contribution < 1.29 is 14.3 Å². The molecule has 1 aromatic heterocycles. The van der Waals surface area contributed by atoms with Crippen molar-refractivity contribution >= 4 is 73.6 Å². The normalized spacial score (nSPS) is 11.0. The molecular formula is C26H22Cl2N2O3S. The fraction of sp³-hybridized carbons (Fsp3) is 0.154. The molecule has 1 amide bonds. The van der Waals surface area contributed by atoms with Gasteiger partial charge in [0.15, 0.2) is 6.61 Å². The number of halogens is 2. The Bertz CT molecular complexity index is 1320. The zero-order valence-corrected chi connectivity index (χ0v) is 20.9. The molecule has 0 radical (unpaired) electrons. The van der Waals surface area contributed by atoms with Gasteiger partial charge in [-0.2, -0.15) is 0 Å². The number of nitrogens with one attached hydrogen (secondary N) is 1. The van der Waals surface area contributed by atoms with Crippen LogP contribution < -0.4 is 10.2 Å². The largest absolute Gasteiger partial charge is 0.451 e. The molecule has 8 heteroatoms. The number of para-hydroxylation sites is 1. The van der Waals surface area contributed by atoms with E-state index in [9.17, 15) is 9.59 Å². The first-order valence-electron chi connectivity index (χ1n) is 10.6. The summed E-state index contributed by atoms with van der Waals surface area (Å²) in [5, 5.41) is 4.32. The third kappa shape index (κ3) is 5.36. The van der Waals surface area contributed by atoms with Crippen LogP contribution in [0.2, 0.25) is 10.0 Å². The first-order chi connectivity index (χ1) is 16.3. The summed E-state index contributed by atoms with van der Waals surface area (Å²) < 4.78 is 5.97. The van der Waals surface area contributed by atoms with E-state index in [0.717, 1.165) is 21.5 Å². The van der Waals surface area contributed by atoms with E-state index in [4.69, 9.17) is 27.9 Å². The molecule has 0 spiro atoms. The Labute approximate surface area is 211 Å². The second-order valence-corrected chi connectivity index (χ2v) is 9.72. The minimum absolute atomic E-state index is 0.241. The summed E-state index contributed by atoms with van der Waals surface area (Å²) in [5.41, 5.74) is 2.70. The van der Waals surface area contributed by atoms with Gasteiger partial charge in [0.1, 0.15) is 4.88 Å². The summed E-state index contributed by atoms with van der Waals surface area (Å²) in [5.74, 6) is -1.09. The Morgan fingerprint density at radius 2 is 1.65 bits per heavy atom. The lowest BCUT2D eigenvalue weighted by molar-refractivity contribution is -0.119. The molecule has 3 aromatic carbocycles. The smallest absolute Gasteiger partial charge is 0.350 e. The van der Waals surface area contributed by atoms with Gasteiger partial charge in [-0.05, 0) is 62.4 Å². The minimum Gasteiger partial charge on any atom is -0.451 e. The van der Waals surface area contributed by atoms with Gasteiger partial charge in [-0.1, -0.05) is 47.5 Å². The number of fused-ring (bicyclic) bond motifs is 1. The number of ether oxygens (including phenoxy) is 1. The fourth-order valence-corrected chi connectivity index (χ4v) is 5.28. The number of hydrogen-bond acceptors (Lipinski definition) is 5. The van der Waals surface area contributed by atoms with Crippen molar-refractivity contribution in [2.24, 2.45) is 0 Å². The molecule has 4 rings (SSSR count). The predicted molar refractivity (Wildman–Crippen MR) is 141 cm³/mol. The Morgan fingerprint density at radius 3 is 2.32 bits per heavy atom. The maximum Gasteiger partial charge on any atom is 0.350 e. The number of carbonyl (C=O) groups is 2. The van der Waals surface area contributed by atoms with Crippen LogP contribution in [0.5, 0.6) is 0 Å². The van der Waals surface area contributed by atoms with Crippen molar-refractivity contribution in [1.29, 1.82) is 0 Å². The summed E-state index contributed by atoms with van der Waals surface area (Å²) in [4.78, 5) is 27.3. The topological polar surface area (TPSA) is 58.6 Å². The van der Waals surface area contributed by atoms with Gasteiger partial charge in [0.25, 0.3) is 5.91 Å². The molecule has 0 saturated carbocycles. The zero-order chi connectivity index (χ0) is 24.2. The number of thiophene rings is 1. The standard InChI is InChI=1S/C26H22Cl2N2O3S/c1-16(2)30(19-6-4-3-5-7-19)20-11-9-18(10-12-20)29-23(31)15-33-26(32)25-24(28)21-13-8-17(27)14-22(21)34-25/h3-14,16H,15H2,1-2H3,(H,29,31). The maximum absolute atomic E-state index is 12.5. The fourth-order valence-electron chi connectivity index (χ4n) is 3.60. The highest BCUT2D eigenvalue weighted by molar-refractivity contribution is 7.21. The number of benzene rings is 3. The van der Waals surface area contributed by atoms with Gasteiger partial charge < -0.3 is 15.0 Å². The van der Waals surface area contributed by atoms with E-state index in [0.29, 0.717) is 15.7 Å². The van der Waals surface area contributed by atoms with Crippen LogP contribution in [0.3, 0.4) is 0 Å². The molecule has 0 bridgehead atoms. The average Bonchev–Trinajstić information content (AvgIpc) is 3.15. The molecule has 0 aliphatic rings. The third-order valence-electron chi connectivity index (χ3n) is 5.09. The van der Waals surface area contributed by atoms with E-state index >= 15 is 0 Å². The van der Waals surface area contributed by atoms with Crippen molar-refractivity contribution in [3.8, 4) is 0 Å². The molecule has 5 nitrogen and oxygen atoms in total. The number of amides is 1. The molecule has 4 aromatic rings. The van der Waals surface area contributed by atoms with E-state index in [1.165, 1.54) is 11.3 Å². The molecular weight excluding hydrogens is 491 g/mol. The van der Waals surface area contributed by atoms with E-state index in [-0.39, 0.29) is 10.9 Å². The Morgan fingerprint density at radius 1 is 0.971 bits per heavy atom. The summed E-state index contributed by atoms with van der Waals surface area (Å²) in [7, 11) is 0. The van der Waals surface area contributed by atoms with Crippen LogP contribution in [0, 0.1) is 0 Å². The second kappa shape index (κ2) is 10.5. The summed E-state index contributed by atoms with van der Waals surface area (Å²) >= 11 is 13.5. The van der Waals surface area contributed by atoms with Gasteiger partial charge in [0.05, 0.1) is 5.02 Å². The highest BCUT2D eigenvalue weighted by Crippen LogP contribution is 2.37. The Hall–Kier alpha value is -3.06. The lowest BCUT2D eigenvalue weighted by atomic mass is 10.2. The summed E-state index contributed by atoms with van der Waals surface area (Å²) in [6.45, 7) is 3.82. The number of carbonyl (C=O) groups excluding carboxylic acids is 2. The number of hydrogen-bond donors (Lipinski definition) is 1. The van der Waals surface area contributed by atoms with Crippen molar-refractivity contribution in [3.63, 3.8) is 0 Å². The van der Waals surface area contributed by atoms with Crippen molar-refractivity contribution in [1.82, 2.24) is 0 Å². The Balaban J connectivity index is 1.38. The van der Waals surface area contributed by atoms with Gasteiger partial charge in [-0.25, -0.2) is 4.79 Å². The van der Waals surface area contributed by atoms with Gasteiger partial charge >= 0.3 is 5.97 Å². The number of esters is 1. The lowest BCUT2D eigenvalue weighted by Crippen LogP contribution is -2.25. The number of nitrogens with zero attached hydrogens (tertiary/aromatic N) is 1. The van der Waals surface area contributed by atoms with Gasteiger partial charge in [0, 0.05) is 38.2 Å². The molecule has 174 valence electrons. The lowest BCUT2D eigenvalue weighted by Gasteiger charge is -2.29. The van der Waals surface area contributed by atoms with E-state index in [1.807, 2.05) is 42.5 Å². The molecule has 0 fully saturated rings. The van der Waals surface area contributed by atoms with Crippen LogP contribution in [0.15, 0.2) is 72.8 Å². The van der Waals surface area contributed by atoms with E-state index < -0.39 is 18.5 Å². The van der Waals surface area contributed by atoms with Gasteiger partial charge in [-0.3, -0.25) is 4.79 Å². The predicted octanol–water partition coefficient (Wildman–Crippen LogP) is 7.55. The SMILES string of the molecule is CC(C)N(c1ccccc1)c1ccc(NC(=O)COC(=O)c2sc3cc(Cl)ccc3c2Cl)cc1. The molecule has 34 heavy (non-hydrogen) atoms. The van der Waals surface area contributed by atoms with Crippen molar-refractivity contribution in [2.75, 3.05) is 16.8 Å².